The summed E-state index contributed by atoms with van der Waals surface area (Å²) in [5.41, 5.74) is 3.08. The van der Waals surface area contributed by atoms with Crippen molar-refractivity contribution >= 4 is 11.6 Å². The second kappa shape index (κ2) is 7.65. The van der Waals surface area contributed by atoms with E-state index in [1.54, 1.807) is 13.4 Å². The molecule has 0 saturated carbocycles. The van der Waals surface area contributed by atoms with Gasteiger partial charge in [-0.25, -0.2) is 15.0 Å². The molecule has 2 N–H and O–H groups in total. The molecule has 2 aromatic rings. The number of hydrogen-bond acceptors (Lipinski definition) is 7. The fraction of sp³-hybridized carbons (Fsp3) is 0.500. The van der Waals surface area contributed by atoms with Crippen LogP contribution >= 0.6 is 0 Å². The average Bonchev–Trinajstić information content (AvgIpc) is 3.09. The highest BCUT2D eigenvalue weighted by atomic mass is 16.5. The number of pyridine rings is 1. The van der Waals surface area contributed by atoms with Gasteiger partial charge in [-0.15, -0.1) is 0 Å². The summed E-state index contributed by atoms with van der Waals surface area (Å²) in [5.74, 6) is 2.23. The molecule has 0 radical (unpaired) electrons. The summed E-state index contributed by atoms with van der Waals surface area (Å²) in [7, 11) is 1.63. The van der Waals surface area contributed by atoms with Crippen LogP contribution in [0.5, 0.6) is 5.88 Å². The molecule has 0 spiro atoms. The standard InChI is InChI=1S/C18H25N5O2/c1-12-7-13(2)22-18(25-3)15(12)9-19-16-8-17(21-11-20-16)23-6-4-5-14(23)10-24/h7-8,11,14,24H,4-6,9-10H2,1-3H3,(H,19,20,21). The molecule has 134 valence electrons. The van der Waals surface area contributed by atoms with Crippen LogP contribution in [0.4, 0.5) is 11.6 Å². The normalized spacial score (nSPS) is 17.0. The minimum Gasteiger partial charge on any atom is -0.481 e. The number of anilines is 2. The second-order valence-corrected chi connectivity index (χ2v) is 6.36. The maximum atomic E-state index is 9.51. The molecule has 3 heterocycles. The monoisotopic (exact) mass is 343 g/mol. The van der Waals surface area contributed by atoms with Crippen LogP contribution in [0.25, 0.3) is 0 Å². The third-order valence-corrected chi connectivity index (χ3v) is 4.61. The van der Waals surface area contributed by atoms with Gasteiger partial charge in [-0.1, -0.05) is 0 Å². The number of hydrogen-bond donors (Lipinski definition) is 2. The first-order valence-corrected chi connectivity index (χ1v) is 8.57. The summed E-state index contributed by atoms with van der Waals surface area (Å²) >= 11 is 0. The molecule has 1 aliphatic rings. The van der Waals surface area contributed by atoms with E-state index >= 15 is 0 Å². The van der Waals surface area contributed by atoms with E-state index in [2.05, 4.69) is 32.1 Å². The van der Waals surface area contributed by atoms with Crippen molar-refractivity contribution in [2.75, 3.05) is 30.5 Å². The first-order valence-electron chi connectivity index (χ1n) is 8.57. The lowest BCUT2D eigenvalue weighted by Crippen LogP contribution is -2.32. The van der Waals surface area contributed by atoms with Crippen LogP contribution in [-0.4, -0.2) is 46.4 Å². The van der Waals surface area contributed by atoms with E-state index in [9.17, 15) is 5.11 Å². The summed E-state index contributed by atoms with van der Waals surface area (Å²) < 4.78 is 5.41. The first kappa shape index (κ1) is 17.4. The third-order valence-electron chi connectivity index (χ3n) is 4.61. The fourth-order valence-electron chi connectivity index (χ4n) is 3.32. The van der Waals surface area contributed by atoms with Gasteiger partial charge >= 0.3 is 0 Å². The van der Waals surface area contributed by atoms with Crippen molar-refractivity contribution in [1.82, 2.24) is 15.0 Å². The van der Waals surface area contributed by atoms with Crippen molar-refractivity contribution in [3.63, 3.8) is 0 Å². The predicted octanol–water partition coefficient (Wildman–Crippen LogP) is 2.07. The quantitative estimate of drug-likeness (QED) is 0.831. The number of aromatic nitrogens is 3. The molecular weight excluding hydrogens is 318 g/mol. The Balaban J connectivity index is 1.75. The maximum absolute atomic E-state index is 9.51. The highest BCUT2D eigenvalue weighted by Crippen LogP contribution is 2.26. The van der Waals surface area contributed by atoms with Gasteiger partial charge in [-0.05, 0) is 38.3 Å². The van der Waals surface area contributed by atoms with E-state index in [0.717, 1.165) is 47.8 Å². The number of aryl methyl sites for hydroxylation is 2. The lowest BCUT2D eigenvalue weighted by molar-refractivity contribution is 0.266. The molecule has 7 heteroatoms. The zero-order valence-corrected chi connectivity index (χ0v) is 15.0. The summed E-state index contributed by atoms with van der Waals surface area (Å²) in [6.07, 6.45) is 3.63. The second-order valence-electron chi connectivity index (χ2n) is 6.36. The molecular formula is C18H25N5O2. The van der Waals surface area contributed by atoms with Gasteiger partial charge in [0.05, 0.1) is 19.8 Å². The smallest absolute Gasteiger partial charge is 0.218 e. The van der Waals surface area contributed by atoms with E-state index in [1.807, 2.05) is 19.1 Å². The predicted molar refractivity (Wildman–Crippen MR) is 97.1 cm³/mol. The molecule has 1 aliphatic heterocycles. The number of aliphatic hydroxyl groups excluding tert-OH is 1. The van der Waals surface area contributed by atoms with E-state index < -0.39 is 0 Å². The van der Waals surface area contributed by atoms with Gasteiger partial charge in [0.1, 0.15) is 18.0 Å². The van der Waals surface area contributed by atoms with Crippen molar-refractivity contribution in [2.24, 2.45) is 0 Å². The molecule has 1 unspecified atom stereocenters. The van der Waals surface area contributed by atoms with Gasteiger partial charge < -0.3 is 20.1 Å². The number of ether oxygens (including phenoxy) is 1. The Labute approximate surface area is 148 Å². The number of nitrogens with one attached hydrogen (secondary N) is 1. The Kier molecular flexibility index (Phi) is 5.33. The first-order chi connectivity index (χ1) is 12.1. The third kappa shape index (κ3) is 3.82. The molecule has 0 aromatic carbocycles. The van der Waals surface area contributed by atoms with Gasteiger partial charge in [0.25, 0.3) is 0 Å². The molecule has 7 nitrogen and oxygen atoms in total. The van der Waals surface area contributed by atoms with Crippen LogP contribution in [-0.2, 0) is 6.54 Å². The van der Waals surface area contributed by atoms with E-state index in [4.69, 9.17) is 4.74 Å². The minimum atomic E-state index is 0.145. The zero-order valence-electron chi connectivity index (χ0n) is 15.0. The topological polar surface area (TPSA) is 83.4 Å². The Morgan fingerprint density at radius 1 is 1.32 bits per heavy atom. The summed E-state index contributed by atoms with van der Waals surface area (Å²) in [5, 5.41) is 12.8. The van der Waals surface area contributed by atoms with Crippen molar-refractivity contribution in [1.29, 1.82) is 0 Å². The number of aliphatic hydroxyl groups is 1. The van der Waals surface area contributed by atoms with E-state index in [-0.39, 0.29) is 12.6 Å². The zero-order chi connectivity index (χ0) is 17.8. The van der Waals surface area contributed by atoms with Gasteiger partial charge in [0, 0.05) is 30.4 Å². The van der Waals surface area contributed by atoms with Crippen LogP contribution in [0.2, 0.25) is 0 Å². The van der Waals surface area contributed by atoms with Crippen LogP contribution in [0.1, 0.15) is 29.7 Å². The lowest BCUT2D eigenvalue weighted by atomic mass is 10.1. The Morgan fingerprint density at radius 3 is 2.92 bits per heavy atom. The Morgan fingerprint density at radius 2 is 2.16 bits per heavy atom. The van der Waals surface area contributed by atoms with Crippen LogP contribution in [0.15, 0.2) is 18.5 Å². The minimum absolute atomic E-state index is 0.145. The molecule has 2 aromatic heterocycles. The van der Waals surface area contributed by atoms with Crippen LogP contribution in [0.3, 0.4) is 0 Å². The highest BCUT2D eigenvalue weighted by molar-refractivity contribution is 5.50. The summed E-state index contributed by atoms with van der Waals surface area (Å²) in [4.78, 5) is 15.3. The molecule has 25 heavy (non-hydrogen) atoms. The lowest BCUT2D eigenvalue weighted by Gasteiger charge is -2.24. The number of methoxy groups -OCH3 is 1. The van der Waals surface area contributed by atoms with Crippen LogP contribution in [0, 0.1) is 13.8 Å². The van der Waals surface area contributed by atoms with Crippen molar-refractivity contribution in [3.8, 4) is 5.88 Å². The number of rotatable bonds is 6. The van der Waals surface area contributed by atoms with Crippen molar-refractivity contribution in [2.45, 2.75) is 39.3 Å². The van der Waals surface area contributed by atoms with Gasteiger partial charge in [-0.3, -0.25) is 0 Å². The number of nitrogens with zero attached hydrogens (tertiary/aromatic N) is 4. The van der Waals surface area contributed by atoms with Gasteiger partial charge in [0.2, 0.25) is 5.88 Å². The molecule has 0 amide bonds. The largest absolute Gasteiger partial charge is 0.481 e. The average molecular weight is 343 g/mol. The summed E-state index contributed by atoms with van der Waals surface area (Å²) in [6.45, 7) is 5.64. The van der Waals surface area contributed by atoms with E-state index in [0.29, 0.717) is 12.4 Å². The molecule has 1 atom stereocenters. The fourth-order valence-corrected chi connectivity index (χ4v) is 3.32. The summed E-state index contributed by atoms with van der Waals surface area (Å²) in [6, 6.07) is 4.12. The maximum Gasteiger partial charge on any atom is 0.218 e. The van der Waals surface area contributed by atoms with Crippen LogP contribution < -0.4 is 15.0 Å². The SMILES string of the molecule is COc1nc(C)cc(C)c1CNc1cc(N2CCCC2CO)ncn1. The Bertz CT molecular complexity index is 737. The van der Waals surface area contributed by atoms with Crippen molar-refractivity contribution < 1.29 is 9.84 Å². The van der Waals surface area contributed by atoms with Gasteiger partial charge in [-0.2, -0.15) is 0 Å². The highest BCUT2D eigenvalue weighted by Gasteiger charge is 2.25. The molecule has 0 bridgehead atoms. The molecule has 3 rings (SSSR count). The van der Waals surface area contributed by atoms with Crippen molar-refractivity contribution in [3.05, 3.63) is 35.3 Å². The molecule has 1 saturated heterocycles. The van der Waals surface area contributed by atoms with Gasteiger partial charge in [0.15, 0.2) is 0 Å². The van der Waals surface area contributed by atoms with E-state index in [1.165, 1.54) is 0 Å². The molecule has 0 aliphatic carbocycles. The molecule has 1 fully saturated rings. The Hall–Kier alpha value is -2.41.